The number of unbranched alkanes of at least 4 members (excludes halogenated alkanes) is 1. The maximum Gasteiger partial charge on any atom is 0.458 e. The first-order valence-corrected chi connectivity index (χ1v) is 19.3. The Morgan fingerprint density at radius 2 is 1.65 bits per heavy atom. The summed E-state index contributed by atoms with van der Waals surface area (Å²) in [4.78, 5) is 35.2. The number of H-pyrrole nitrogens is 1. The average Bonchev–Trinajstić information content (AvgIpc) is 3.79. The van der Waals surface area contributed by atoms with Gasteiger partial charge in [0.25, 0.3) is 0 Å². The molecule has 1 aliphatic rings. The number of carbonyl (C=O) groups excluding carboxylic acids is 1. The second-order valence-electron chi connectivity index (χ2n) is 11.9. The third-order valence-electron chi connectivity index (χ3n) is 7.86. The van der Waals surface area contributed by atoms with E-state index in [9.17, 15) is 14.2 Å². The zero-order chi connectivity index (χ0) is 36.0. The number of benzene rings is 1. The molecule has 3 N–H and O–H groups in total. The zero-order valence-electron chi connectivity index (χ0n) is 29.4. The molecule has 1 aromatic carbocycles. The SMILES string of the molecule is CC/C=C\C/C=C\C/C=C\C/C=C\C/C=C\CCCC(=O)NCCNP(=O)(OC[C@@H]1CCC(n2cnc3c(=O)nc[nH]c32)O1)Oc1ccccc1. The number of fused-ring (bicyclic) bond motifs is 1. The maximum absolute atomic E-state index is 13.7. The molecule has 2 aromatic heterocycles. The molecule has 51 heavy (non-hydrogen) atoms. The number of para-hydroxylation sites is 1. The first-order chi connectivity index (χ1) is 25.0. The number of aromatic nitrogens is 4. The van der Waals surface area contributed by atoms with E-state index in [1.54, 1.807) is 35.2 Å². The predicted molar refractivity (Wildman–Crippen MR) is 201 cm³/mol. The summed E-state index contributed by atoms with van der Waals surface area (Å²) in [5.74, 6) is 0.318. The van der Waals surface area contributed by atoms with Gasteiger partial charge in [0.15, 0.2) is 5.52 Å². The largest absolute Gasteiger partial charge is 0.458 e. The highest BCUT2D eigenvalue weighted by atomic mass is 31.2. The van der Waals surface area contributed by atoms with E-state index in [0.717, 1.165) is 44.9 Å². The van der Waals surface area contributed by atoms with Gasteiger partial charge in [-0.3, -0.25) is 18.7 Å². The Morgan fingerprint density at radius 1 is 0.961 bits per heavy atom. The molecule has 3 heterocycles. The summed E-state index contributed by atoms with van der Waals surface area (Å²) in [7, 11) is -3.81. The van der Waals surface area contributed by atoms with E-state index < -0.39 is 13.3 Å². The van der Waals surface area contributed by atoms with Gasteiger partial charge >= 0.3 is 13.3 Å². The fraction of sp³-hybridized carbons (Fsp3) is 0.421. The summed E-state index contributed by atoms with van der Waals surface area (Å²) in [5.41, 5.74) is 0.351. The summed E-state index contributed by atoms with van der Waals surface area (Å²) in [6.45, 7) is 2.60. The molecule has 0 aliphatic carbocycles. The first-order valence-electron chi connectivity index (χ1n) is 17.8. The van der Waals surface area contributed by atoms with E-state index in [2.05, 4.69) is 93.0 Å². The molecule has 1 aliphatic heterocycles. The van der Waals surface area contributed by atoms with Crippen molar-refractivity contribution in [3.63, 3.8) is 0 Å². The summed E-state index contributed by atoms with van der Waals surface area (Å²) in [6, 6.07) is 8.77. The van der Waals surface area contributed by atoms with Gasteiger partial charge in [0.2, 0.25) is 5.91 Å². The van der Waals surface area contributed by atoms with Crippen LogP contribution in [0.5, 0.6) is 5.75 Å². The van der Waals surface area contributed by atoms with Crippen molar-refractivity contribution in [3.05, 3.63) is 114 Å². The molecule has 1 saturated heterocycles. The molecule has 3 atom stereocenters. The number of hydrogen-bond donors (Lipinski definition) is 3. The predicted octanol–water partition coefficient (Wildman–Crippen LogP) is 7.63. The highest BCUT2D eigenvalue weighted by Crippen LogP contribution is 2.45. The van der Waals surface area contributed by atoms with Gasteiger partial charge < -0.3 is 19.6 Å². The lowest BCUT2D eigenvalue weighted by molar-refractivity contribution is -0.121. The number of carbonyl (C=O) groups is 1. The molecule has 1 fully saturated rings. The van der Waals surface area contributed by atoms with Gasteiger partial charge in [0.05, 0.1) is 25.4 Å². The van der Waals surface area contributed by atoms with Crippen molar-refractivity contribution in [2.45, 2.75) is 83.5 Å². The van der Waals surface area contributed by atoms with E-state index in [1.807, 2.05) is 6.07 Å². The number of ether oxygens (including phenoxy) is 1. The fourth-order valence-electron chi connectivity index (χ4n) is 5.24. The Bertz CT molecular complexity index is 1730. The molecule has 0 radical (unpaired) electrons. The van der Waals surface area contributed by atoms with Crippen LogP contribution < -0.4 is 20.5 Å². The van der Waals surface area contributed by atoms with Gasteiger partial charge in [0, 0.05) is 19.5 Å². The van der Waals surface area contributed by atoms with Gasteiger partial charge in [-0.25, -0.2) is 14.6 Å². The van der Waals surface area contributed by atoms with Gasteiger partial charge in [-0.2, -0.15) is 4.98 Å². The van der Waals surface area contributed by atoms with E-state index in [4.69, 9.17) is 13.8 Å². The highest BCUT2D eigenvalue weighted by Gasteiger charge is 2.33. The molecule has 2 unspecified atom stereocenters. The molecule has 0 bridgehead atoms. The number of nitrogens with one attached hydrogen (secondary N) is 3. The minimum Gasteiger partial charge on any atom is -0.413 e. The number of imidazole rings is 1. The van der Waals surface area contributed by atoms with Crippen LogP contribution in [0.3, 0.4) is 0 Å². The van der Waals surface area contributed by atoms with Crippen molar-refractivity contribution in [2.75, 3.05) is 19.7 Å². The lowest BCUT2D eigenvalue weighted by Crippen LogP contribution is -2.32. The Hall–Kier alpha value is -4.35. The lowest BCUT2D eigenvalue weighted by Gasteiger charge is -2.22. The van der Waals surface area contributed by atoms with Crippen LogP contribution in [0.4, 0.5) is 0 Å². The van der Waals surface area contributed by atoms with E-state index >= 15 is 0 Å². The van der Waals surface area contributed by atoms with Gasteiger partial charge in [-0.15, -0.1) is 0 Å². The van der Waals surface area contributed by atoms with Crippen LogP contribution in [0.1, 0.15) is 77.4 Å². The normalized spacial score (nSPS) is 17.9. The Labute approximate surface area is 300 Å². The van der Waals surface area contributed by atoms with Crippen molar-refractivity contribution in [3.8, 4) is 5.75 Å². The van der Waals surface area contributed by atoms with Crippen LogP contribution in [-0.2, 0) is 18.6 Å². The Morgan fingerprint density at radius 3 is 2.35 bits per heavy atom. The molecule has 1 amide bonds. The molecule has 0 spiro atoms. The molecule has 12 nitrogen and oxygen atoms in total. The van der Waals surface area contributed by atoms with Crippen LogP contribution in [-0.4, -0.2) is 51.2 Å². The van der Waals surface area contributed by atoms with Crippen molar-refractivity contribution in [1.82, 2.24) is 29.9 Å². The van der Waals surface area contributed by atoms with Crippen LogP contribution in [0, 0.1) is 0 Å². The molecule has 274 valence electrons. The molecule has 13 heteroatoms. The molecular formula is C38H51N6O6P. The molecule has 4 rings (SSSR count). The van der Waals surface area contributed by atoms with E-state index in [-0.39, 0.29) is 43.5 Å². The van der Waals surface area contributed by atoms with Gasteiger partial charge in [-0.1, -0.05) is 85.9 Å². The Balaban J connectivity index is 1.11. The monoisotopic (exact) mass is 718 g/mol. The van der Waals surface area contributed by atoms with Crippen LogP contribution in [0.2, 0.25) is 0 Å². The third kappa shape index (κ3) is 14.4. The minimum absolute atomic E-state index is 0.0144. The number of hydrogen-bond acceptors (Lipinski definition) is 8. The zero-order valence-corrected chi connectivity index (χ0v) is 30.3. The number of amides is 1. The number of rotatable bonds is 23. The molecular weight excluding hydrogens is 667 g/mol. The van der Waals surface area contributed by atoms with Crippen LogP contribution in [0.25, 0.3) is 11.2 Å². The minimum atomic E-state index is -3.81. The number of aromatic amines is 1. The maximum atomic E-state index is 13.7. The van der Waals surface area contributed by atoms with Crippen molar-refractivity contribution >= 4 is 24.8 Å². The van der Waals surface area contributed by atoms with E-state index in [1.165, 1.54) is 6.33 Å². The van der Waals surface area contributed by atoms with Gasteiger partial charge in [0.1, 0.15) is 17.6 Å². The summed E-state index contributed by atoms with van der Waals surface area (Å²) in [6.07, 6.45) is 31.9. The van der Waals surface area contributed by atoms with Crippen molar-refractivity contribution in [1.29, 1.82) is 0 Å². The van der Waals surface area contributed by atoms with E-state index in [0.29, 0.717) is 30.7 Å². The standard InChI is InChI=1S/C38H51N6O6P/c1-2-3-4-5-6-7-8-9-10-11-12-13-14-15-16-17-21-24-34(45)39-27-28-43-51(47,50-32-22-19-18-20-23-32)48-29-33-25-26-35(49-33)44-31-42-36-37(44)40-30-41-38(36)46/h3-4,6-7,9-10,12-13,15-16,18-20,22-23,30-31,33,35H,2,5,8,11,14,17,21,24-29H2,1H3,(H,39,45)(H,43,47)(H,40,41,46)/b4-3-,7-6-,10-9-,13-12-,16-15-/t33-,35?,51?/m0/s1. The van der Waals surface area contributed by atoms with Crippen LogP contribution in [0.15, 0.2) is 109 Å². The molecule has 3 aromatic rings. The fourth-order valence-corrected chi connectivity index (χ4v) is 6.60. The Kier molecular flexibility index (Phi) is 17.4. The summed E-state index contributed by atoms with van der Waals surface area (Å²) in [5, 5.41) is 5.74. The lowest BCUT2D eigenvalue weighted by atomic mass is 10.2. The average molecular weight is 719 g/mol. The summed E-state index contributed by atoms with van der Waals surface area (Å²) >= 11 is 0. The van der Waals surface area contributed by atoms with Crippen LogP contribution >= 0.6 is 7.75 Å². The number of allylic oxidation sites excluding steroid dienone is 10. The summed E-state index contributed by atoms with van der Waals surface area (Å²) < 4.78 is 33.3. The second-order valence-corrected chi connectivity index (χ2v) is 13.7. The first kappa shape index (κ1) is 39.4. The molecule has 0 saturated carbocycles. The second kappa shape index (κ2) is 22.5. The topological polar surface area (TPSA) is 149 Å². The van der Waals surface area contributed by atoms with Crippen molar-refractivity contribution in [2.24, 2.45) is 0 Å². The van der Waals surface area contributed by atoms with Crippen molar-refractivity contribution < 1.29 is 23.1 Å². The third-order valence-corrected chi connectivity index (χ3v) is 9.41. The smallest absolute Gasteiger partial charge is 0.413 e. The highest BCUT2D eigenvalue weighted by molar-refractivity contribution is 7.52. The number of nitrogens with zero attached hydrogens (tertiary/aromatic N) is 3. The van der Waals surface area contributed by atoms with Gasteiger partial charge in [-0.05, 0) is 69.9 Å². The quantitative estimate of drug-likeness (QED) is 0.0511.